The van der Waals surface area contributed by atoms with Crippen LogP contribution in [0.2, 0.25) is 0 Å². The Morgan fingerprint density at radius 3 is 2.65 bits per heavy atom. The summed E-state index contributed by atoms with van der Waals surface area (Å²) in [5, 5.41) is 3.64. The van der Waals surface area contributed by atoms with E-state index < -0.39 is 0 Å². The van der Waals surface area contributed by atoms with Crippen LogP contribution in [0.25, 0.3) is 0 Å². The number of nitrogens with one attached hydrogen (secondary N) is 1. The molecular weight excluding hydrogens is 248 g/mol. The van der Waals surface area contributed by atoms with Gasteiger partial charge in [-0.3, -0.25) is 4.79 Å². The number of amides is 1. The van der Waals surface area contributed by atoms with E-state index in [4.69, 9.17) is 0 Å². The topological polar surface area (TPSA) is 32.3 Å². The van der Waals surface area contributed by atoms with Crippen molar-refractivity contribution >= 4 is 11.6 Å². The molecular formula is C17H24N2O. The molecule has 108 valence electrons. The number of nitrogens with zero attached hydrogens (tertiary/aromatic N) is 1. The summed E-state index contributed by atoms with van der Waals surface area (Å²) in [7, 11) is 1.90. The van der Waals surface area contributed by atoms with Gasteiger partial charge in [0, 0.05) is 31.2 Å². The maximum absolute atomic E-state index is 12.5. The van der Waals surface area contributed by atoms with Crippen molar-refractivity contribution in [1.29, 1.82) is 0 Å². The minimum Gasteiger partial charge on any atom is -0.315 e. The van der Waals surface area contributed by atoms with E-state index in [-0.39, 0.29) is 5.91 Å². The van der Waals surface area contributed by atoms with E-state index in [0.29, 0.717) is 24.4 Å². The molecule has 0 radical (unpaired) electrons. The van der Waals surface area contributed by atoms with Crippen LogP contribution in [0.5, 0.6) is 0 Å². The zero-order valence-electron chi connectivity index (χ0n) is 12.4. The molecule has 2 aliphatic heterocycles. The fraction of sp³-hybridized carbons (Fsp3) is 0.588. The number of anilines is 1. The van der Waals surface area contributed by atoms with E-state index in [2.05, 4.69) is 24.4 Å². The first-order valence-corrected chi connectivity index (χ1v) is 7.71. The van der Waals surface area contributed by atoms with E-state index >= 15 is 0 Å². The van der Waals surface area contributed by atoms with Crippen molar-refractivity contribution < 1.29 is 4.79 Å². The van der Waals surface area contributed by atoms with Crippen LogP contribution in [-0.4, -0.2) is 25.0 Å². The Morgan fingerprint density at radius 1 is 1.30 bits per heavy atom. The Hall–Kier alpha value is -1.35. The zero-order valence-corrected chi connectivity index (χ0v) is 12.4. The van der Waals surface area contributed by atoms with Crippen molar-refractivity contribution in [3.8, 4) is 0 Å². The van der Waals surface area contributed by atoms with Gasteiger partial charge >= 0.3 is 0 Å². The molecule has 20 heavy (non-hydrogen) atoms. The van der Waals surface area contributed by atoms with Crippen LogP contribution in [0, 0.1) is 12.8 Å². The molecule has 2 saturated heterocycles. The van der Waals surface area contributed by atoms with Crippen molar-refractivity contribution in [3.63, 3.8) is 0 Å². The van der Waals surface area contributed by atoms with Gasteiger partial charge in [0.15, 0.2) is 0 Å². The highest BCUT2D eigenvalue weighted by molar-refractivity contribution is 5.93. The van der Waals surface area contributed by atoms with Gasteiger partial charge in [-0.1, -0.05) is 12.1 Å². The van der Waals surface area contributed by atoms with Gasteiger partial charge in [-0.15, -0.1) is 0 Å². The van der Waals surface area contributed by atoms with E-state index in [1.165, 1.54) is 31.2 Å². The van der Waals surface area contributed by atoms with E-state index in [9.17, 15) is 4.79 Å². The maximum Gasteiger partial charge on any atom is 0.226 e. The molecule has 3 nitrogen and oxygen atoms in total. The van der Waals surface area contributed by atoms with Crippen molar-refractivity contribution in [2.45, 2.75) is 51.1 Å². The molecule has 2 atom stereocenters. The zero-order chi connectivity index (χ0) is 14.1. The number of hydrogen-bond acceptors (Lipinski definition) is 2. The molecule has 0 aromatic heterocycles. The lowest BCUT2D eigenvalue weighted by molar-refractivity contribution is -0.119. The van der Waals surface area contributed by atoms with Gasteiger partial charge in [0.05, 0.1) is 0 Å². The number of carbonyl (C=O) groups excluding carboxylic acids is 1. The van der Waals surface area contributed by atoms with Gasteiger partial charge in [0.25, 0.3) is 0 Å². The molecule has 2 heterocycles. The van der Waals surface area contributed by atoms with Crippen LogP contribution in [0.3, 0.4) is 0 Å². The summed E-state index contributed by atoms with van der Waals surface area (Å²) in [5.41, 5.74) is 2.20. The SMILES string of the molecule is Cc1cccc(N(C)C(=O)CC2CC3CCC(C2)N3)c1. The van der Waals surface area contributed by atoms with Crippen LogP contribution in [-0.2, 0) is 4.79 Å². The highest BCUT2D eigenvalue weighted by Crippen LogP contribution is 2.33. The lowest BCUT2D eigenvalue weighted by Crippen LogP contribution is -2.40. The highest BCUT2D eigenvalue weighted by Gasteiger charge is 2.34. The van der Waals surface area contributed by atoms with Crippen LogP contribution in [0.1, 0.15) is 37.7 Å². The number of rotatable bonds is 3. The van der Waals surface area contributed by atoms with Crippen molar-refractivity contribution in [2.75, 3.05) is 11.9 Å². The first-order valence-electron chi connectivity index (χ1n) is 7.71. The number of piperidine rings is 1. The molecule has 2 aliphatic rings. The smallest absolute Gasteiger partial charge is 0.226 e. The molecule has 0 spiro atoms. The summed E-state index contributed by atoms with van der Waals surface area (Å²) < 4.78 is 0. The molecule has 3 rings (SSSR count). The van der Waals surface area contributed by atoms with Crippen LogP contribution >= 0.6 is 0 Å². The molecule has 1 amide bonds. The standard InChI is InChI=1S/C17H24N2O/c1-12-4-3-5-16(8-12)19(2)17(20)11-13-9-14-6-7-15(10-13)18-14/h3-5,8,13-15,18H,6-7,9-11H2,1-2H3. The van der Waals surface area contributed by atoms with Gasteiger partial charge in [0.1, 0.15) is 0 Å². The quantitative estimate of drug-likeness (QED) is 0.917. The first kappa shape index (κ1) is 13.6. The Balaban J connectivity index is 1.61. The van der Waals surface area contributed by atoms with E-state index in [1.807, 2.05) is 24.1 Å². The van der Waals surface area contributed by atoms with Gasteiger partial charge < -0.3 is 10.2 Å². The third-order valence-corrected chi connectivity index (χ3v) is 4.80. The molecule has 2 fully saturated rings. The fourth-order valence-corrected chi connectivity index (χ4v) is 3.71. The monoisotopic (exact) mass is 272 g/mol. The second kappa shape index (κ2) is 5.57. The summed E-state index contributed by atoms with van der Waals surface area (Å²) in [6.45, 7) is 2.06. The number of hydrogen-bond donors (Lipinski definition) is 1. The Kier molecular flexibility index (Phi) is 3.79. The minimum absolute atomic E-state index is 0.252. The number of fused-ring (bicyclic) bond motifs is 2. The predicted octanol–water partition coefficient (Wildman–Crippen LogP) is 2.88. The average Bonchev–Trinajstić information content (AvgIpc) is 2.77. The van der Waals surface area contributed by atoms with Crippen LogP contribution in [0.4, 0.5) is 5.69 Å². The van der Waals surface area contributed by atoms with Crippen LogP contribution in [0.15, 0.2) is 24.3 Å². The third kappa shape index (κ3) is 2.88. The van der Waals surface area contributed by atoms with Crippen molar-refractivity contribution in [1.82, 2.24) is 5.32 Å². The second-order valence-electron chi connectivity index (χ2n) is 6.47. The largest absolute Gasteiger partial charge is 0.315 e. The van der Waals surface area contributed by atoms with Gasteiger partial charge in [0.2, 0.25) is 5.91 Å². The molecule has 0 saturated carbocycles. The summed E-state index contributed by atoms with van der Waals surface area (Å²) in [6.07, 6.45) is 5.62. The van der Waals surface area contributed by atoms with Gasteiger partial charge in [-0.25, -0.2) is 0 Å². The molecule has 2 unspecified atom stereocenters. The average molecular weight is 272 g/mol. The number of carbonyl (C=O) groups is 1. The third-order valence-electron chi connectivity index (χ3n) is 4.80. The fourth-order valence-electron chi connectivity index (χ4n) is 3.71. The predicted molar refractivity (Wildman–Crippen MR) is 81.9 cm³/mol. The molecule has 1 aromatic carbocycles. The Morgan fingerprint density at radius 2 is 2.00 bits per heavy atom. The molecule has 2 bridgehead atoms. The normalized spacial score (nSPS) is 28.4. The van der Waals surface area contributed by atoms with Gasteiger partial charge in [-0.05, 0) is 56.2 Å². The molecule has 1 N–H and O–H groups in total. The van der Waals surface area contributed by atoms with Crippen molar-refractivity contribution in [3.05, 3.63) is 29.8 Å². The first-order chi connectivity index (χ1) is 9.61. The molecule has 0 aliphatic carbocycles. The van der Waals surface area contributed by atoms with Crippen LogP contribution < -0.4 is 10.2 Å². The second-order valence-corrected chi connectivity index (χ2v) is 6.47. The summed E-state index contributed by atoms with van der Waals surface area (Å²) in [6, 6.07) is 9.48. The molecule has 3 heteroatoms. The Labute approximate surface area is 121 Å². The number of aryl methyl sites for hydroxylation is 1. The Bertz CT molecular complexity index is 488. The summed E-state index contributed by atoms with van der Waals surface area (Å²) in [4.78, 5) is 14.3. The maximum atomic E-state index is 12.5. The number of benzene rings is 1. The van der Waals surface area contributed by atoms with Gasteiger partial charge in [-0.2, -0.15) is 0 Å². The summed E-state index contributed by atoms with van der Waals surface area (Å²) in [5.74, 6) is 0.815. The van der Waals surface area contributed by atoms with E-state index in [1.54, 1.807) is 0 Å². The lowest BCUT2D eigenvalue weighted by Gasteiger charge is -2.30. The highest BCUT2D eigenvalue weighted by atomic mass is 16.2. The molecule has 1 aromatic rings. The van der Waals surface area contributed by atoms with Crippen molar-refractivity contribution in [2.24, 2.45) is 5.92 Å². The van der Waals surface area contributed by atoms with E-state index in [0.717, 1.165) is 5.69 Å². The lowest BCUT2D eigenvalue weighted by atomic mass is 9.89. The minimum atomic E-state index is 0.252. The summed E-state index contributed by atoms with van der Waals surface area (Å²) >= 11 is 0.